The van der Waals surface area contributed by atoms with Crippen LogP contribution >= 0.6 is 11.6 Å². The molecule has 4 amide bonds. The van der Waals surface area contributed by atoms with Gasteiger partial charge in [-0.25, -0.2) is 9.69 Å². The van der Waals surface area contributed by atoms with Gasteiger partial charge in [-0.2, -0.15) is 0 Å². The molecule has 1 aliphatic rings. The highest BCUT2D eigenvalue weighted by Crippen LogP contribution is 2.27. The number of nitrogens with one attached hydrogen (secondary N) is 1. The molecular weight excluding hydrogens is 478 g/mol. The van der Waals surface area contributed by atoms with Crippen molar-refractivity contribution in [3.63, 3.8) is 0 Å². The normalized spacial score (nSPS) is 15.0. The summed E-state index contributed by atoms with van der Waals surface area (Å²) in [7, 11) is 0. The Labute approximate surface area is 212 Å². The van der Waals surface area contributed by atoms with Crippen LogP contribution in [0.5, 0.6) is 5.75 Å². The van der Waals surface area contributed by atoms with E-state index in [1.54, 1.807) is 24.3 Å². The van der Waals surface area contributed by atoms with Crippen molar-refractivity contribution in [3.8, 4) is 5.75 Å². The summed E-state index contributed by atoms with van der Waals surface area (Å²) in [6.07, 6.45) is 4.21. The van der Waals surface area contributed by atoms with E-state index in [0.717, 1.165) is 28.0 Å². The minimum Gasteiger partial charge on any atom is -0.494 e. The summed E-state index contributed by atoms with van der Waals surface area (Å²) in [5.74, 6) is -0.607. The van der Waals surface area contributed by atoms with E-state index in [0.29, 0.717) is 29.4 Å². The lowest BCUT2D eigenvalue weighted by Crippen LogP contribution is -2.54. The van der Waals surface area contributed by atoms with Gasteiger partial charge in [0.25, 0.3) is 11.8 Å². The largest absolute Gasteiger partial charge is 0.494 e. The first kappa shape index (κ1) is 23.4. The molecule has 5 rings (SSSR count). The van der Waals surface area contributed by atoms with Crippen molar-refractivity contribution in [2.24, 2.45) is 0 Å². The minimum absolute atomic E-state index is 0.125. The molecule has 0 bridgehead atoms. The molecule has 36 heavy (non-hydrogen) atoms. The number of para-hydroxylation sites is 2. The molecule has 1 saturated heterocycles. The van der Waals surface area contributed by atoms with E-state index < -0.39 is 17.8 Å². The van der Waals surface area contributed by atoms with Crippen LogP contribution in [-0.2, 0) is 16.1 Å². The molecule has 1 aliphatic heterocycles. The summed E-state index contributed by atoms with van der Waals surface area (Å²) in [5.41, 5.74) is 1.87. The lowest BCUT2D eigenvalue weighted by atomic mass is 10.1. The molecule has 1 N–H and O–H groups in total. The average Bonchev–Trinajstić information content (AvgIpc) is 3.23. The number of hydrogen-bond acceptors (Lipinski definition) is 4. The van der Waals surface area contributed by atoms with Crippen molar-refractivity contribution in [3.05, 3.63) is 101 Å². The highest BCUT2D eigenvalue weighted by molar-refractivity contribution is 6.39. The second-order valence-corrected chi connectivity index (χ2v) is 8.68. The maximum atomic E-state index is 13.2. The van der Waals surface area contributed by atoms with Gasteiger partial charge in [0.15, 0.2) is 0 Å². The zero-order valence-electron chi connectivity index (χ0n) is 19.2. The summed E-state index contributed by atoms with van der Waals surface area (Å²) in [5, 5.41) is 3.62. The van der Waals surface area contributed by atoms with E-state index in [4.69, 9.17) is 16.3 Å². The number of carbonyl (C=O) groups is 3. The van der Waals surface area contributed by atoms with Crippen molar-refractivity contribution < 1.29 is 19.1 Å². The number of nitrogens with zero attached hydrogens (tertiary/aromatic N) is 2. The third kappa shape index (κ3) is 4.74. The number of ether oxygens (including phenoxy) is 1. The summed E-state index contributed by atoms with van der Waals surface area (Å²) >= 11 is 5.94. The molecule has 7 nitrogen and oxygen atoms in total. The number of barbiturate groups is 1. The third-order valence-electron chi connectivity index (χ3n) is 5.86. The third-order valence-corrected chi connectivity index (χ3v) is 6.11. The Hall–Kier alpha value is -4.36. The van der Waals surface area contributed by atoms with Crippen LogP contribution < -0.4 is 15.0 Å². The van der Waals surface area contributed by atoms with Crippen LogP contribution in [0.25, 0.3) is 17.0 Å². The average molecular weight is 500 g/mol. The van der Waals surface area contributed by atoms with Crippen LogP contribution in [-0.4, -0.2) is 29.0 Å². The second kappa shape index (κ2) is 10.1. The molecule has 0 spiro atoms. The molecule has 0 aliphatic carbocycles. The van der Waals surface area contributed by atoms with E-state index in [9.17, 15) is 14.4 Å². The highest BCUT2D eigenvalue weighted by Gasteiger charge is 2.37. The van der Waals surface area contributed by atoms with Gasteiger partial charge in [0.05, 0.1) is 12.3 Å². The van der Waals surface area contributed by atoms with Crippen molar-refractivity contribution in [2.45, 2.75) is 13.0 Å². The van der Waals surface area contributed by atoms with Gasteiger partial charge in [0.1, 0.15) is 11.3 Å². The summed E-state index contributed by atoms with van der Waals surface area (Å²) in [4.78, 5) is 39.3. The number of imide groups is 2. The Morgan fingerprint density at radius 2 is 1.61 bits per heavy atom. The fourth-order valence-electron chi connectivity index (χ4n) is 4.15. The predicted octanol–water partition coefficient (Wildman–Crippen LogP) is 5.43. The topological polar surface area (TPSA) is 80.6 Å². The van der Waals surface area contributed by atoms with E-state index in [1.807, 2.05) is 60.8 Å². The van der Waals surface area contributed by atoms with E-state index in [1.165, 1.54) is 6.08 Å². The van der Waals surface area contributed by atoms with Crippen molar-refractivity contribution in [1.29, 1.82) is 0 Å². The molecule has 180 valence electrons. The van der Waals surface area contributed by atoms with Gasteiger partial charge < -0.3 is 9.30 Å². The van der Waals surface area contributed by atoms with E-state index in [-0.39, 0.29) is 5.57 Å². The fourth-order valence-corrected chi connectivity index (χ4v) is 4.28. The van der Waals surface area contributed by atoms with Gasteiger partial charge in [-0.3, -0.25) is 14.9 Å². The molecular formula is C28H22ClN3O4. The Balaban J connectivity index is 1.41. The monoisotopic (exact) mass is 499 g/mol. The molecule has 2 heterocycles. The quantitative estimate of drug-likeness (QED) is 0.209. The van der Waals surface area contributed by atoms with Crippen LogP contribution in [0.4, 0.5) is 10.5 Å². The van der Waals surface area contributed by atoms with Crippen LogP contribution in [0.3, 0.4) is 0 Å². The number of aryl methyl sites for hydroxylation is 1. The fraction of sp³-hybridized carbons (Fsp3) is 0.107. The van der Waals surface area contributed by atoms with Gasteiger partial charge in [-0.05, 0) is 55.0 Å². The molecule has 1 aromatic heterocycles. The minimum atomic E-state index is -0.801. The Bertz CT molecular complexity index is 1480. The molecule has 1 fully saturated rings. The number of benzene rings is 3. The van der Waals surface area contributed by atoms with Crippen LogP contribution in [0.1, 0.15) is 12.0 Å². The smallest absolute Gasteiger partial charge is 0.335 e. The van der Waals surface area contributed by atoms with E-state index >= 15 is 0 Å². The predicted molar refractivity (Wildman–Crippen MR) is 139 cm³/mol. The van der Waals surface area contributed by atoms with Gasteiger partial charge in [-0.15, -0.1) is 0 Å². The van der Waals surface area contributed by atoms with Gasteiger partial charge >= 0.3 is 6.03 Å². The van der Waals surface area contributed by atoms with Gasteiger partial charge in [0.2, 0.25) is 0 Å². The molecule has 4 aromatic rings. The van der Waals surface area contributed by atoms with E-state index in [2.05, 4.69) is 9.88 Å². The number of amides is 4. The number of fused-ring (bicyclic) bond motifs is 1. The number of urea groups is 1. The zero-order chi connectivity index (χ0) is 25.1. The van der Waals surface area contributed by atoms with Crippen LogP contribution in [0.15, 0.2) is 90.6 Å². The SMILES string of the molecule is O=C1NC(=O)N(c2ccc(Cl)cc2)C(=O)/C1=C/c1cn(CCCOc2ccccc2)c2ccccc12. The highest BCUT2D eigenvalue weighted by atomic mass is 35.5. The first-order chi connectivity index (χ1) is 17.5. The lowest BCUT2D eigenvalue weighted by molar-refractivity contribution is -0.122. The molecule has 0 saturated carbocycles. The standard InChI is InChI=1S/C28H22ClN3O4/c29-20-11-13-21(14-12-20)32-27(34)24(26(33)30-28(32)35)17-19-18-31(25-10-5-4-9-23(19)25)15-6-16-36-22-7-2-1-3-8-22/h1-5,7-14,17-18H,6,15-16H2,(H,30,33,35)/b24-17+. The summed E-state index contributed by atoms with van der Waals surface area (Å²) in [6.45, 7) is 1.23. The molecule has 0 radical (unpaired) electrons. The Kier molecular flexibility index (Phi) is 6.56. The number of halogens is 1. The molecule has 0 unspecified atom stereocenters. The second-order valence-electron chi connectivity index (χ2n) is 8.24. The number of carbonyl (C=O) groups excluding carboxylic acids is 3. The van der Waals surface area contributed by atoms with Crippen LogP contribution in [0.2, 0.25) is 5.02 Å². The molecule has 8 heteroatoms. The van der Waals surface area contributed by atoms with Gasteiger partial charge in [-0.1, -0.05) is 48.0 Å². The van der Waals surface area contributed by atoms with Crippen molar-refractivity contribution >= 4 is 52.1 Å². The first-order valence-electron chi connectivity index (χ1n) is 11.4. The maximum Gasteiger partial charge on any atom is 0.335 e. The Morgan fingerprint density at radius 3 is 2.39 bits per heavy atom. The van der Waals surface area contributed by atoms with Crippen LogP contribution in [0, 0.1) is 0 Å². The molecule has 0 atom stereocenters. The summed E-state index contributed by atoms with van der Waals surface area (Å²) in [6, 6.07) is 22.9. The number of hydrogen-bond donors (Lipinski definition) is 1. The van der Waals surface area contributed by atoms with Gasteiger partial charge in [0, 0.05) is 34.2 Å². The maximum absolute atomic E-state index is 13.2. The van der Waals surface area contributed by atoms with Crippen molar-refractivity contribution in [2.75, 3.05) is 11.5 Å². The molecule has 3 aromatic carbocycles. The first-order valence-corrected chi connectivity index (χ1v) is 11.8. The lowest BCUT2D eigenvalue weighted by Gasteiger charge is -2.26. The Morgan fingerprint density at radius 1 is 0.889 bits per heavy atom. The summed E-state index contributed by atoms with van der Waals surface area (Å²) < 4.78 is 7.87. The van der Waals surface area contributed by atoms with Crippen molar-refractivity contribution in [1.82, 2.24) is 9.88 Å². The zero-order valence-corrected chi connectivity index (χ0v) is 19.9. The number of aromatic nitrogens is 1. The number of rotatable bonds is 7. The number of anilines is 1.